The number of Topliss-reactive ketones (excluding diaryl/α,β-unsaturated/α-hetero) is 1. The lowest BCUT2D eigenvalue weighted by Gasteiger charge is -1.99. The van der Waals surface area contributed by atoms with Gasteiger partial charge in [0.25, 0.3) is 0 Å². The standard InChI is InChI=1S/C8H15NO3.ClH/c1-2-12-8(11)5-3-4-7(10)6-9;/h2-6,9H2,1H3;1H. The van der Waals surface area contributed by atoms with Crippen molar-refractivity contribution in [1.82, 2.24) is 0 Å². The fourth-order valence-electron chi connectivity index (χ4n) is 0.765. The molecule has 0 saturated carbocycles. The molecule has 2 N–H and O–H groups in total. The van der Waals surface area contributed by atoms with Crippen molar-refractivity contribution >= 4 is 24.2 Å². The Balaban J connectivity index is 0. The van der Waals surface area contributed by atoms with Crippen LogP contribution in [0.2, 0.25) is 0 Å². The Morgan fingerprint density at radius 1 is 1.31 bits per heavy atom. The molecule has 0 atom stereocenters. The maximum Gasteiger partial charge on any atom is 0.305 e. The second-order valence-electron chi connectivity index (χ2n) is 2.40. The average molecular weight is 210 g/mol. The van der Waals surface area contributed by atoms with E-state index in [1.807, 2.05) is 0 Å². The number of ether oxygens (including phenoxy) is 1. The van der Waals surface area contributed by atoms with Gasteiger partial charge in [0.05, 0.1) is 13.2 Å². The quantitative estimate of drug-likeness (QED) is 0.653. The van der Waals surface area contributed by atoms with E-state index in [1.165, 1.54) is 0 Å². The summed E-state index contributed by atoms with van der Waals surface area (Å²) in [5.74, 6) is -0.262. The average Bonchev–Trinajstić information content (AvgIpc) is 2.04. The first-order valence-electron chi connectivity index (χ1n) is 4.08. The van der Waals surface area contributed by atoms with Crippen molar-refractivity contribution in [3.05, 3.63) is 0 Å². The van der Waals surface area contributed by atoms with Gasteiger partial charge in [0.2, 0.25) is 0 Å². The van der Waals surface area contributed by atoms with E-state index in [-0.39, 0.29) is 30.7 Å². The molecule has 0 unspecified atom stereocenters. The predicted molar refractivity (Wildman–Crippen MR) is 51.8 cm³/mol. The fourth-order valence-corrected chi connectivity index (χ4v) is 0.765. The van der Waals surface area contributed by atoms with Crippen LogP contribution < -0.4 is 5.73 Å². The maximum absolute atomic E-state index is 10.7. The van der Waals surface area contributed by atoms with Crippen molar-refractivity contribution in [3.8, 4) is 0 Å². The molecule has 0 bridgehead atoms. The lowest BCUT2D eigenvalue weighted by Crippen LogP contribution is -2.13. The number of rotatable bonds is 6. The zero-order valence-electron chi connectivity index (χ0n) is 7.75. The lowest BCUT2D eigenvalue weighted by atomic mass is 10.2. The minimum Gasteiger partial charge on any atom is -0.466 e. The first kappa shape index (κ1) is 14.9. The summed E-state index contributed by atoms with van der Waals surface area (Å²) in [7, 11) is 0. The van der Waals surface area contributed by atoms with Crippen molar-refractivity contribution in [2.24, 2.45) is 5.73 Å². The molecule has 13 heavy (non-hydrogen) atoms. The van der Waals surface area contributed by atoms with Crippen LogP contribution in [0.1, 0.15) is 26.2 Å². The van der Waals surface area contributed by atoms with Crippen LogP contribution >= 0.6 is 12.4 Å². The molecule has 0 radical (unpaired) electrons. The van der Waals surface area contributed by atoms with Gasteiger partial charge in [-0.05, 0) is 13.3 Å². The van der Waals surface area contributed by atoms with Crippen LogP contribution in [0.25, 0.3) is 0 Å². The number of hydrogen-bond acceptors (Lipinski definition) is 4. The van der Waals surface area contributed by atoms with E-state index in [9.17, 15) is 9.59 Å². The van der Waals surface area contributed by atoms with E-state index in [1.54, 1.807) is 6.92 Å². The van der Waals surface area contributed by atoms with Gasteiger partial charge in [0.1, 0.15) is 5.78 Å². The van der Waals surface area contributed by atoms with E-state index in [4.69, 9.17) is 5.73 Å². The van der Waals surface area contributed by atoms with Crippen molar-refractivity contribution in [1.29, 1.82) is 0 Å². The highest BCUT2D eigenvalue weighted by molar-refractivity contribution is 5.85. The summed E-state index contributed by atoms with van der Waals surface area (Å²) in [4.78, 5) is 21.4. The largest absolute Gasteiger partial charge is 0.466 e. The predicted octanol–water partition coefficient (Wildman–Crippen LogP) is 0.669. The first-order valence-corrected chi connectivity index (χ1v) is 4.08. The summed E-state index contributed by atoms with van der Waals surface area (Å²) >= 11 is 0. The Morgan fingerprint density at radius 2 is 1.92 bits per heavy atom. The molecule has 0 aliphatic rings. The third-order valence-corrected chi connectivity index (χ3v) is 1.37. The van der Waals surface area contributed by atoms with Crippen LogP contribution in [-0.4, -0.2) is 24.9 Å². The highest BCUT2D eigenvalue weighted by Crippen LogP contribution is 1.97. The molecule has 0 saturated heterocycles. The molecule has 0 fully saturated rings. The van der Waals surface area contributed by atoms with Crippen LogP contribution in [0, 0.1) is 0 Å². The Hall–Kier alpha value is -0.610. The molecule has 0 rings (SSSR count). The number of hydrogen-bond donors (Lipinski definition) is 1. The van der Waals surface area contributed by atoms with Gasteiger partial charge in [0, 0.05) is 12.8 Å². The van der Waals surface area contributed by atoms with E-state index in [2.05, 4.69) is 4.74 Å². The minimum absolute atomic E-state index is 0. The minimum atomic E-state index is -0.248. The van der Waals surface area contributed by atoms with Gasteiger partial charge < -0.3 is 10.5 Å². The molecular weight excluding hydrogens is 194 g/mol. The number of halogens is 1. The molecule has 78 valence electrons. The maximum atomic E-state index is 10.7. The SMILES string of the molecule is CCOC(=O)CCCC(=O)CN.Cl. The third kappa shape index (κ3) is 9.30. The summed E-state index contributed by atoms with van der Waals surface area (Å²) in [6.45, 7) is 2.20. The van der Waals surface area contributed by atoms with Crippen LogP contribution in [0.15, 0.2) is 0 Å². The molecule has 0 amide bonds. The van der Waals surface area contributed by atoms with Crippen molar-refractivity contribution in [3.63, 3.8) is 0 Å². The molecule has 0 spiro atoms. The summed E-state index contributed by atoms with van der Waals surface area (Å²) in [5.41, 5.74) is 5.08. The first-order chi connectivity index (χ1) is 5.70. The second-order valence-corrected chi connectivity index (χ2v) is 2.40. The highest BCUT2D eigenvalue weighted by atomic mass is 35.5. The Kier molecular flexibility index (Phi) is 10.9. The van der Waals surface area contributed by atoms with Crippen LogP contribution in [0.5, 0.6) is 0 Å². The second kappa shape index (κ2) is 9.48. The van der Waals surface area contributed by atoms with E-state index < -0.39 is 0 Å². The zero-order valence-corrected chi connectivity index (χ0v) is 8.56. The van der Waals surface area contributed by atoms with Gasteiger partial charge >= 0.3 is 5.97 Å². The van der Waals surface area contributed by atoms with Crippen molar-refractivity contribution < 1.29 is 14.3 Å². The molecule has 0 aliphatic carbocycles. The number of nitrogens with two attached hydrogens (primary N) is 1. The Morgan fingerprint density at radius 3 is 2.38 bits per heavy atom. The molecule has 0 aromatic rings. The van der Waals surface area contributed by atoms with E-state index >= 15 is 0 Å². The third-order valence-electron chi connectivity index (χ3n) is 1.37. The molecule has 0 heterocycles. The van der Waals surface area contributed by atoms with Crippen molar-refractivity contribution in [2.45, 2.75) is 26.2 Å². The molecule has 0 aromatic heterocycles. The number of carbonyl (C=O) groups excluding carboxylic acids is 2. The van der Waals surface area contributed by atoms with Gasteiger partial charge in [-0.2, -0.15) is 0 Å². The normalized spacial score (nSPS) is 8.77. The van der Waals surface area contributed by atoms with Crippen LogP contribution in [0.3, 0.4) is 0 Å². The van der Waals surface area contributed by atoms with Gasteiger partial charge in [-0.3, -0.25) is 9.59 Å². The smallest absolute Gasteiger partial charge is 0.305 e. The van der Waals surface area contributed by atoms with Gasteiger partial charge in [0.15, 0.2) is 0 Å². The fraction of sp³-hybridized carbons (Fsp3) is 0.750. The molecule has 0 aromatic carbocycles. The monoisotopic (exact) mass is 209 g/mol. The van der Waals surface area contributed by atoms with E-state index in [0.29, 0.717) is 25.9 Å². The Labute approximate surface area is 84.2 Å². The molecule has 0 aliphatic heterocycles. The molecule has 5 heteroatoms. The summed E-state index contributed by atoms with van der Waals surface area (Å²) < 4.78 is 4.68. The summed E-state index contributed by atoms with van der Waals surface area (Å²) in [5, 5.41) is 0. The van der Waals surface area contributed by atoms with Crippen LogP contribution in [-0.2, 0) is 14.3 Å². The lowest BCUT2D eigenvalue weighted by molar-refractivity contribution is -0.143. The zero-order chi connectivity index (χ0) is 9.40. The van der Waals surface area contributed by atoms with Gasteiger partial charge in [-0.15, -0.1) is 12.4 Å². The van der Waals surface area contributed by atoms with Crippen LogP contribution in [0.4, 0.5) is 0 Å². The number of ketones is 1. The summed E-state index contributed by atoms with van der Waals surface area (Å²) in [6, 6.07) is 0. The van der Waals surface area contributed by atoms with Crippen molar-refractivity contribution in [2.75, 3.05) is 13.2 Å². The van der Waals surface area contributed by atoms with Gasteiger partial charge in [-0.1, -0.05) is 0 Å². The van der Waals surface area contributed by atoms with Gasteiger partial charge in [-0.25, -0.2) is 0 Å². The molecule has 4 nitrogen and oxygen atoms in total. The topological polar surface area (TPSA) is 69.4 Å². The highest BCUT2D eigenvalue weighted by Gasteiger charge is 2.03. The number of carbonyl (C=O) groups is 2. The number of esters is 1. The van der Waals surface area contributed by atoms with E-state index in [0.717, 1.165) is 0 Å². The summed E-state index contributed by atoms with van der Waals surface area (Å²) in [6.07, 6.45) is 1.21. The Bertz CT molecular complexity index is 161. The molecular formula is C8H16ClNO3.